The van der Waals surface area contributed by atoms with E-state index in [4.69, 9.17) is 0 Å². The molecule has 0 aromatic rings. The summed E-state index contributed by atoms with van der Waals surface area (Å²) in [5, 5.41) is 2.98. The lowest BCUT2D eigenvalue weighted by molar-refractivity contribution is 0.401. The number of nitrogens with zero attached hydrogens (tertiary/aromatic N) is 2. The molecule has 0 heterocycles. The van der Waals surface area contributed by atoms with Gasteiger partial charge >= 0.3 is 0 Å². The average molecular weight is 235 g/mol. The summed E-state index contributed by atoms with van der Waals surface area (Å²) in [5.41, 5.74) is 0. The minimum atomic E-state index is -3.31. The number of rotatable bonds is 8. The molecule has 0 spiro atoms. The smallest absolute Gasteiger partial charge is 0.281 e. The SMILES string of the molecule is C=CCN(C)S(=O)(=O)N(C)CCCNC. The third-order valence-corrected chi connectivity index (χ3v) is 3.98. The molecule has 0 fully saturated rings. The normalized spacial score (nSPS) is 12.3. The zero-order valence-electron chi connectivity index (χ0n) is 9.73. The summed E-state index contributed by atoms with van der Waals surface area (Å²) in [7, 11) is 1.67. The van der Waals surface area contributed by atoms with Gasteiger partial charge in [-0.05, 0) is 20.0 Å². The summed E-state index contributed by atoms with van der Waals surface area (Å²) in [6.07, 6.45) is 2.37. The predicted molar refractivity (Wildman–Crippen MR) is 62.9 cm³/mol. The van der Waals surface area contributed by atoms with E-state index in [1.165, 1.54) is 8.61 Å². The lowest BCUT2D eigenvalue weighted by Crippen LogP contribution is -2.40. The molecule has 90 valence electrons. The summed E-state index contributed by atoms with van der Waals surface area (Å²) >= 11 is 0. The molecule has 0 amide bonds. The highest BCUT2D eigenvalue weighted by molar-refractivity contribution is 7.86. The van der Waals surface area contributed by atoms with Gasteiger partial charge in [0.15, 0.2) is 0 Å². The molecule has 6 heteroatoms. The molecule has 0 saturated heterocycles. The van der Waals surface area contributed by atoms with E-state index in [-0.39, 0.29) is 0 Å². The fraction of sp³-hybridized carbons (Fsp3) is 0.778. The van der Waals surface area contributed by atoms with Crippen LogP contribution >= 0.6 is 0 Å². The molecule has 0 aromatic heterocycles. The second kappa shape index (κ2) is 6.95. The van der Waals surface area contributed by atoms with Crippen molar-refractivity contribution >= 4 is 10.2 Å². The first-order valence-electron chi connectivity index (χ1n) is 4.90. The highest BCUT2D eigenvalue weighted by Crippen LogP contribution is 2.03. The van der Waals surface area contributed by atoms with Gasteiger partial charge in [-0.3, -0.25) is 0 Å². The largest absolute Gasteiger partial charge is 0.320 e. The Balaban J connectivity index is 4.25. The minimum absolute atomic E-state index is 0.332. The molecule has 0 saturated carbocycles. The van der Waals surface area contributed by atoms with Gasteiger partial charge in [0.25, 0.3) is 10.2 Å². The molecule has 0 atom stereocenters. The number of hydrogen-bond acceptors (Lipinski definition) is 3. The van der Waals surface area contributed by atoms with Crippen LogP contribution in [0.1, 0.15) is 6.42 Å². The van der Waals surface area contributed by atoms with Crippen LogP contribution < -0.4 is 5.32 Å². The maximum atomic E-state index is 11.8. The maximum absolute atomic E-state index is 11.8. The number of hydrogen-bond donors (Lipinski definition) is 1. The van der Waals surface area contributed by atoms with Gasteiger partial charge in [-0.15, -0.1) is 6.58 Å². The third-order valence-electron chi connectivity index (χ3n) is 2.07. The first-order chi connectivity index (χ1) is 6.96. The standard InChI is InChI=1S/C9H21N3O2S/c1-5-8-11(3)15(13,14)12(4)9-6-7-10-2/h5,10H,1,6-9H2,2-4H3. The Labute approximate surface area is 92.9 Å². The van der Waals surface area contributed by atoms with Crippen LogP contribution in [0.3, 0.4) is 0 Å². The Kier molecular flexibility index (Phi) is 6.75. The van der Waals surface area contributed by atoms with Crippen LogP contribution in [-0.2, 0) is 10.2 Å². The first-order valence-corrected chi connectivity index (χ1v) is 6.29. The van der Waals surface area contributed by atoms with E-state index in [0.29, 0.717) is 13.1 Å². The molecular weight excluding hydrogens is 214 g/mol. The summed E-state index contributed by atoms with van der Waals surface area (Å²) in [6, 6.07) is 0. The summed E-state index contributed by atoms with van der Waals surface area (Å²) in [6.45, 7) is 5.18. The second-order valence-electron chi connectivity index (χ2n) is 3.36. The van der Waals surface area contributed by atoms with Crippen molar-refractivity contribution in [1.29, 1.82) is 0 Å². The van der Waals surface area contributed by atoms with Gasteiger partial charge < -0.3 is 5.32 Å². The van der Waals surface area contributed by atoms with Gasteiger partial charge in [0.1, 0.15) is 0 Å². The molecule has 5 nitrogen and oxygen atoms in total. The van der Waals surface area contributed by atoms with Crippen molar-refractivity contribution in [3.8, 4) is 0 Å². The Hall–Kier alpha value is -0.430. The molecule has 15 heavy (non-hydrogen) atoms. The van der Waals surface area contributed by atoms with E-state index in [0.717, 1.165) is 13.0 Å². The average Bonchev–Trinajstić information content (AvgIpc) is 2.18. The van der Waals surface area contributed by atoms with Crippen molar-refractivity contribution in [3.63, 3.8) is 0 Å². The first kappa shape index (κ1) is 14.6. The molecule has 0 aliphatic heterocycles. The van der Waals surface area contributed by atoms with Crippen molar-refractivity contribution in [2.24, 2.45) is 0 Å². The summed E-state index contributed by atoms with van der Waals surface area (Å²) in [4.78, 5) is 0. The Morgan fingerprint density at radius 2 is 1.93 bits per heavy atom. The van der Waals surface area contributed by atoms with E-state index in [1.807, 2.05) is 7.05 Å². The van der Waals surface area contributed by atoms with Crippen LogP contribution in [0.25, 0.3) is 0 Å². The van der Waals surface area contributed by atoms with E-state index < -0.39 is 10.2 Å². The molecule has 0 bridgehead atoms. The Morgan fingerprint density at radius 1 is 1.33 bits per heavy atom. The number of likely N-dealkylation sites (N-methyl/N-ethyl adjacent to an activating group) is 1. The summed E-state index contributed by atoms with van der Waals surface area (Å²) < 4.78 is 26.2. The zero-order valence-corrected chi connectivity index (χ0v) is 10.5. The fourth-order valence-electron chi connectivity index (χ4n) is 1.11. The quantitative estimate of drug-likeness (QED) is 0.472. The van der Waals surface area contributed by atoms with Gasteiger partial charge in [0.2, 0.25) is 0 Å². The van der Waals surface area contributed by atoms with Gasteiger partial charge in [-0.25, -0.2) is 0 Å². The van der Waals surface area contributed by atoms with E-state index in [2.05, 4.69) is 11.9 Å². The third kappa shape index (κ3) is 4.74. The zero-order chi connectivity index (χ0) is 11.9. The van der Waals surface area contributed by atoms with Gasteiger partial charge in [0, 0.05) is 27.2 Å². The van der Waals surface area contributed by atoms with E-state index >= 15 is 0 Å². The van der Waals surface area contributed by atoms with Crippen molar-refractivity contribution < 1.29 is 8.42 Å². The topological polar surface area (TPSA) is 52.7 Å². The van der Waals surface area contributed by atoms with E-state index in [9.17, 15) is 8.42 Å². The van der Waals surface area contributed by atoms with Crippen molar-refractivity contribution in [2.45, 2.75) is 6.42 Å². The molecule has 0 aliphatic carbocycles. The van der Waals surface area contributed by atoms with Crippen molar-refractivity contribution in [2.75, 3.05) is 40.8 Å². The summed E-state index contributed by atoms with van der Waals surface area (Å²) in [5.74, 6) is 0. The molecule has 1 N–H and O–H groups in total. The van der Waals surface area contributed by atoms with E-state index in [1.54, 1.807) is 20.2 Å². The molecule has 0 aliphatic rings. The molecular formula is C9H21N3O2S. The van der Waals surface area contributed by atoms with Crippen LogP contribution in [0, 0.1) is 0 Å². The molecule has 0 radical (unpaired) electrons. The molecule has 0 aromatic carbocycles. The lowest BCUT2D eigenvalue weighted by atomic mass is 10.4. The van der Waals surface area contributed by atoms with Crippen LogP contribution in [-0.4, -0.2) is 57.8 Å². The minimum Gasteiger partial charge on any atom is -0.320 e. The fourth-order valence-corrected chi connectivity index (χ4v) is 2.24. The van der Waals surface area contributed by atoms with Gasteiger partial charge in [-0.1, -0.05) is 6.08 Å². The van der Waals surface area contributed by atoms with Crippen molar-refractivity contribution in [1.82, 2.24) is 13.9 Å². The molecule has 0 unspecified atom stereocenters. The highest BCUT2D eigenvalue weighted by atomic mass is 32.2. The maximum Gasteiger partial charge on any atom is 0.281 e. The Morgan fingerprint density at radius 3 is 2.40 bits per heavy atom. The highest BCUT2D eigenvalue weighted by Gasteiger charge is 2.21. The predicted octanol–water partition coefficient (Wildman–Crippen LogP) is -0.110. The van der Waals surface area contributed by atoms with Crippen molar-refractivity contribution in [3.05, 3.63) is 12.7 Å². The van der Waals surface area contributed by atoms with Crippen LogP contribution in [0.4, 0.5) is 0 Å². The van der Waals surface area contributed by atoms with Crippen LogP contribution in [0.2, 0.25) is 0 Å². The van der Waals surface area contributed by atoms with Gasteiger partial charge in [-0.2, -0.15) is 17.0 Å². The van der Waals surface area contributed by atoms with Crippen LogP contribution in [0.5, 0.6) is 0 Å². The monoisotopic (exact) mass is 235 g/mol. The van der Waals surface area contributed by atoms with Crippen LogP contribution in [0.15, 0.2) is 12.7 Å². The lowest BCUT2D eigenvalue weighted by Gasteiger charge is -2.23. The molecule has 0 rings (SSSR count). The number of nitrogens with one attached hydrogen (secondary N) is 1. The van der Waals surface area contributed by atoms with Gasteiger partial charge in [0.05, 0.1) is 0 Å². The second-order valence-corrected chi connectivity index (χ2v) is 5.50. The Bertz CT molecular complexity index is 277.